The normalized spacial score (nSPS) is 10.8. The van der Waals surface area contributed by atoms with Gasteiger partial charge in [0.05, 0.1) is 6.07 Å². The van der Waals surface area contributed by atoms with Crippen LogP contribution in [0.5, 0.6) is 11.5 Å². The van der Waals surface area contributed by atoms with Crippen LogP contribution in [-0.4, -0.2) is 19.1 Å². The van der Waals surface area contributed by atoms with Crippen molar-refractivity contribution in [2.75, 3.05) is 13.2 Å². The quantitative estimate of drug-likeness (QED) is 0.694. The summed E-state index contributed by atoms with van der Waals surface area (Å²) in [5.74, 6) is 1.28. The number of carbonyl (C=O) groups is 1. The third-order valence-corrected chi connectivity index (χ3v) is 4.23. The number of amides is 1. The summed E-state index contributed by atoms with van der Waals surface area (Å²) in [4.78, 5) is 11.5. The van der Waals surface area contributed by atoms with Gasteiger partial charge in [-0.05, 0) is 35.6 Å². The number of nitrogens with one attached hydrogen (secondary N) is 1. The van der Waals surface area contributed by atoms with E-state index in [9.17, 15) is 4.79 Å². The molecule has 0 bridgehead atoms. The number of carbonyl (C=O) groups excluding carboxylic acids is 1. The van der Waals surface area contributed by atoms with E-state index in [0.29, 0.717) is 25.5 Å². The third-order valence-electron chi connectivity index (χ3n) is 4.23. The van der Waals surface area contributed by atoms with Gasteiger partial charge in [0.15, 0.2) is 0 Å². The van der Waals surface area contributed by atoms with E-state index in [1.165, 1.54) is 5.56 Å². The molecule has 0 heterocycles. The molecule has 0 aromatic heterocycles. The highest BCUT2D eigenvalue weighted by Crippen LogP contribution is 2.32. The number of nitriles is 1. The van der Waals surface area contributed by atoms with E-state index in [1.807, 2.05) is 37.3 Å². The van der Waals surface area contributed by atoms with Gasteiger partial charge in [0, 0.05) is 12.1 Å². The Labute approximate surface area is 167 Å². The van der Waals surface area contributed by atoms with E-state index in [-0.39, 0.29) is 17.7 Å². The fraction of sp³-hybridized carbons (Fsp3) is 0.391. The van der Waals surface area contributed by atoms with Gasteiger partial charge in [-0.3, -0.25) is 4.79 Å². The van der Waals surface area contributed by atoms with Gasteiger partial charge in [0.1, 0.15) is 31.1 Å². The SMILES string of the molecule is Cc1ccc(C(C)(C)C)c(OCCOc2ccccc2CNC(=O)CC#N)c1. The molecule has 2 aromatic carbocycles. The zero-order valence-corrected chi connectivity index (χ0v) is 17.0. The summed E-state index contributed by atoms with van der Waals surface area (Å²) in [7, 11) is 0. The summed E-state index contributed by atoms with van der Waals surface area (Å²) in [6.07, 6.45) is -0.149. The smallest absolute Gasteiger partial charge is 0.234 e. The number of aryl methyl sites for hydroxylation is 1. The Morgan fingerprint density at radius 2 is 1.75 bits per heavy atom. The van der Waals surface area contributed by atoms with Gasteiger partial charge in [-0.2, -0.15) is 5.26 Å². The third kappa shape index (κ3) is 6.31. The van der Waals surface area contributed by atoms with Gasteiger partial charge in [0.25, 0.3) is 0 Å². The minimum Gasteiger partial charge on any atom is -0.490 e. The standard InChI is InChI=1S/C23H28N2O3/c1-17-9-10-19(23(2,3)4)21(15-17)28-14-13-27-20-8-6-5-7-18(20)16-25-22(26)11-12-24/h5-10,15H,11,13-14,16H2,1-4H3,(H,25,26). The summed E-state index contributed by atoms with van der Waals surface area (Å²) in [6.45, 7) is 9.67. The Morgan fingerprint density at radius 1 is 1.07 bits per heavy atom. The van der Waals surface area contributed by atoms with Gasteiger partial charge in [-0.25, -0.2) is 0 Å². The topological polar surface area (TPSA) is 71.3 Å². The molecule has 0 fully saturated rings. The molecule has 28 heavy (non-hydrogen) atoms. The van der Waals surface area contributed by atoms with Crippen LogP contribution in [0.4, 0.5) is 0 Å². The second-order valence-corrected chi connectivity index (χ2v) is 7.67. The van der Waals surface area contributed by atoms with Crippen molar-refractivity contribution in [3.63, 3.8) is 0 Å². The van der Waals surface area contributed by atoms with E-state index in [2.05, 4.69) is 44.3 Å². The number of ether oxygens (including phenoxy) is 2. The number of rotatable bonds is 8. The maximum Gasteiger partial charge on any atom is 0.234 e. The summed E-state index contributed by atoms with van der Waals surface area (Å²) >= 11 is 0. The zero-order chi connectivity index (χ0) is 20.6. The largest absolute Gasteiger partial charge is 0.490 e. The molecule has 0 unspecified atom stereocenters. The second-order valence-electron chi connectivity index (χ2n) is 7.67. The molecule has 5 nitrogen and oxygen atoms in total. The van der Waals surface area contributed by atoms with Gasteiger partial charge in [0.2, 0.25) is 5.91 Å². The summed E-state index contributed by atoms with van der Waals surface area (Å²) in [5.41, 5.74) is 3.18. The van der Waals surface area contributed by atoms with Crippen LogP contribution in [0.1, 0.15) is 43.9 Å². The van der Waals surface area contributed by atoms with Crippen LogP contribution in [-0.2, 0) is 16.8 Å². The van der Waals surface area contributed by atoms with Crippen molar-refractivity contribution in [3.05, 3.63) is 59.2 Å². The Kier molecular flexibility index (Phi) is 7.45. The van der Waals surface area contributed by atoms with Crippen molar-refractivity contribution in [1.29, 1.82) is 5.26 Å². The highest BCUT2D eigenvalue weighted by atomic mass is 16.5. The van der Waals surface area contributed by atoms with Crippen molar-refractivity contribution in [3.8, 4) is 17.6 Å². The molecule has 1 amide bonds. The Hall–Kier alpha value is -3.00. The molecule has 0 spiro atoms. The lowest BCUT2D eigenvalue weighted by atomic mass is 9.86. The maximum atomic E-state index is 11.5. The number of benzene rings is 2. The number of nitrogens with zero attached hydrogens (tertiary/aromatic N) is 1. The first-order valence-corrected chi connectivity index (χ1v) is 9.39. The average molecular weight is 380 g/mol. The van der Waals surface area contributed by atoms with Crippen molar-refractivity contribution < 1.29 is 14.3 Å². The molecule has 0 saturated heterocycles. The van der Waals surface area contributed by atoms with Crippen LogP contribution in [0, 0.1) is 18.3 Å². The monoisotopic (exact) mass is 380 g/mol. The van der Waals surface area contributed by atoms with Crippen LogP contribution in [0.15, 0.2) is 42.5 Å². The van der Waals surface area contributed by atoms with Gasteiger partial charge >= 0.3 is 0 Å². The fourth-order valence-electron chi connectivity index (χ4n) is 2.79. The molecule has 2 rings (SSSR count). The van der Waals surface area contributed by atoms with E-state index >= 15 is 0 Å². The van der Waals surface area contributed by atoms with Crippen LogP contribution in [0.25, 0.3) is 0 Å². The van der Waals surface area contributed by atoms with Gasteiger partial charge in [-0.1, -0.05) is 51.1 Å². The number of para-hydroxylation sites is 1. The van der Waals surface area contributed by atoms with Crippen molar-refractivity contribution >= 4 is 5.91 Å². The molecule has 0 aliphatic carbocycles. The molecule has 2 aromatic rings. The molecule has 0 radical (unpaired) electrons. The molecular weight excluding hydrogens is 352 g/mol. The van der Waals surface area contributed by atoms with Crippen molar-refractivity contribution in [1.82, 2.24) is 5.32 Å². The number of hydrogen-bond acceptors (Lipinski definition) is 4. The average Bonchev–Trinajstić information content (AvgIpc) is 2.63. The highest BCUT2D eigenvalue weighted by molar-refractivity contribution is 5.78. The maximum absolute atomic E-state index is 11.5. The molecule has 0 aliphatic rings. The van der Waals surface area contributed by atoms with E-state index in [1.54, 1.807) is 0 Å². The van der Waals surface area contributed by atoms with Crippen LogP contribution in [0.3, 0.4) is 0 Å². The van der Waals surface area contributed by atoms with Crippen LogP contribution >= 0.6 is 0 Å². The summed E-state index contributed by atoms with van der Waals surface area (Å²) in [5, 5.41) is 11.3. The molecule has 5 heteroatoms. The first kappa shape index (κ1) is 21.3. The van der Waals surface area contributed by atoms with E-state index in [4.69, 9.17) is 14.7 Å². The zero-order valence-electron chi connectivity index (χ0n) is 17.0. The fourth-order valence-corrected chi connectivity index (χ4v) is 2.79. The van der Waals surface area contributed by atoms with Gasteiger partial charge < -0.3 is 14.8 Å². The Bertz CT molecular complexity index is 848. The van der Waals surface area contributed by atoms with E-state index in [0.717, 1.165) is 16.9 Å². The predicted octanol–water partition coefficient (Wildman–Crippen LogP) is 4.28. The first-order chi connectivity index (χ1) is 13.3. The predicted molar refractivity (Wildman–Crippen MR) is 109 cm³/mol. The second kappa shape index (κ2) is 9.80. The lowest BCUT2D eigenvalue weighted by molar-refractivity contribution is -0.120. The molecule has 0 atom stereocenters. The molecule has 0 saturated carbocycles. The van der Waals surface area contributed by atoms with E-state index < -0.39 is 0 Å². The molecule has 1 N–H and O–H groups in total. The summed E-state index contributed by atoms with van der Waals surface area (Å²) in [6, 6.07) is 15.6. The summed E-state index contributed by atoms with van der Waals surface area (Å²) < 4.78 is 11.9. The van der Waals surface area contributed by atoms with Crippen molar-refractivity contribution in [2.45, 2.75) is 46.1 Å². The van der Waals surface area contributed by atoms with Crippen LogP contribution in [0.2, 0.25) is 0 Å². The molecule has 0 aliphatic heterocycles. The lowest BCUT2D eigenvalue weighted by Gasteiger charge is -2.23. The van der Waals surface area contributed by atoms with Crippen LogP contribution < -0.4 is 14.8 Å². The Balaban J connectivity index is 1.94. The van der Waals surface area contributed by atoms with Gasteiger partial charge in [-0.15, -0.1) is 0 Å². The minimum absolute atomic E-state index is 0.00186. The van der Waals surface area contributed by atoms with Crippen molar-refractivity contribution in [2.24, 2.45) is 0 Å². The Morgan fingerprint density at radius 3 is 2.43 bits per heavy atom. The molecular formula is C23H28N2O3. The molecule has 148 valence electrons. The number of hydrogen-bond donors (Lipinski definition) is 1. The highest BCUT2D eigenvalue weighted by Gasteiger charge is 2.19. The first-order valence-electron chi connectivity index (χ1n) is 9.39. The lowest BCUT2D eigenvalue weighted by Crippen LogP contribution is -2.22. The minimum atomic E-state index is -0.296.